The van der Waals surface area contributed by atoms with Gasteiger partial charge in [0.2, 0.25) is 10.0 Å². The third kappa shape index (κ3) is 5.19. The molecule has 0 heterocycles. The Morgan fingerprint density at radius 3 is 2.67 bits per heavy atom. The van der Waals surface area contributed by atoms with Crippen LogP contribution in [-0.4, -0.2) is 50.3 Å². The van der Waals surface area contributed by atoms with Crippen molar-refractivity contribution in [1.29, 1.82) is 0 Å². The van der Waals surface area contributed by atoms with Crippen molar-refractivity contribution in [1.82, 2.24) is 4.31 Å². The lowest BCUT2D eigenvalue weighted by molar-refractivity contribution is -0.137. The number of ether oxygens (including phenoxy) is 1. The molecule has 0 saturated heterocycles. The molecule has 0 atom stereocenters. The summed E-state index contributed by atoms with van der Waals surface area (Å²) < 4.78 is 29.4. The Morgan fingerprint density at radius 2 is 2.05 bits per heavy atom. The molecule has 0 aliphatic heterocycles. The lowest BCUT2D eigenvalue weighted by atomic mass is 10.1. The molecule has 0 saturated carbocycles. The number of sulfonamides is 1. The van der Waals surface area contributed by atoms with Crippen molar-refractivity contribution in [2.45, 2.75) is 6.54 Å². The molecular formula is C14H17NO5S. The van der Waals surface area contributed by atoms with Gasteiger partial charge < -0.3 is 9.84 Å². The molecule has 1 N–H and O–H groups in total. The highest BCUT2D eigenvalue weighted by Gasteiger charge is 2.23. The molecule has 21 heavy (non-hydrogen) atoms. The average Bonchev–Trinajstić information content (AvgIpc) is 2.45. The summed E-state index contributed by atoms with van der Waals surface area (Å²) in [4.78, 5) is 11.1. The van der Waals surface area contributed by atoms with Crippen molar-refractivity contribution in [2.75, 3.05) is 26.5 Å². The van der Waals surface area contributed by atoms with Crippen molar-refractivity contribution >= 4 is 16.0 Å². The number of methoxy groups -OCH3 is 1. The van der Waals surface area contributed by atoms with Crippen LogP contribution in [0, 0.1) is 11.8 Å². The van der Waals surface area contributed by atoms with E-state index < -0.39 is 21.7 Å². The second-order valence-electron chi connectivity index (χ2n) is 4.21. The van der Waals surface area contributed by atoms with Gasteiger partial charge >= 0.3 is 5.97 Å². The Balaban J connectivity index is 2.93. The highest BCUT2D eigenvalue weighted by atomic mass is 32.2. The minimum Gasteiger partial charge on any atom is -0.468 e. The lowest BCUT2D eigenvalue weighted by Crippen LogP contribution is -2.32. The summed E-state index contributed by atoms with van der Waals surface area (Å²) in [6, 6.07) is 7.01. The van der Waals surface area contributed by atoms with E-state index in [1.165, 1.54) is 7.05 Å². The molecule has 7 heteroatoms. The standard InChI is InChI=1S/C14H17NO5S/c1-15(21(18,19)11-14(17)20-2)10-13-7-4-3-6-12(13)8-5-9-16/h3-4,6-7,16H,9-11H2,1-2H3. The number of aliphatic hydroxyl groups excluding tert-OH is 1. The summed E-state index contributed by atoms with van der Waals surface area (Å²) >= 11 is 0. The quantitative estimate of drug-likeness (QED) is 0.609. The maximum atomic E-state index is 12.0. The van der Waals surface area contributed by atoms with Crippen molar-refractivity contribution in [3.8, 4) is 11.8 Å². The number of benzene rings is 1. The maximum absolute atomic E-state index is 12.0. The fourth-order valence-electron chi connectivity index (χ4n) is 1.57. The van der Waals surface area contributed by atoms with Crippen LogP contribution >= 0.6 is 0 Å². The van der Waals surface area contributed by atoms with Crippen LogP contribution in [0.3, 0.4) is 0 Å². The number of hydrogen-bond donors (Lipinski definition) is 1. The molecule has 0 aliphatic carbocycles. The van der Waals surface area contributed by atoms with Crippen LogP contribution in [0.4, 0.5) is 0 Å². The molecule has 0 amide bonds. The van der Waals surface area contributed by atoms with E-state index in [9.17, 15) is 13.2 Å². The predicted molar refractivity (Wildman–Crippen MR) is 77.7 cm³/mol. The number of carbonyl (C=O) groups is 1. The van der Waals surface area contributed by atoms with E-state index >= 15 is 0 Å². The van der Waals surface area contributed by atoms with Crippen molar-refractivity contribution in [2.24, 2.45) is 0 Å². The average molecular weight is 311 g/mol. The van der Waals surface area contributed by atoms with E-state index in [4.69, 9.17) is 5.11 Å². The minimum absolute atomic E-state index is 0.0790. The molecule has 0 radical (unpaired) electrons. The van der Waals surface area contributed by atoms with Gasteiger partial charge in [0.15, 0.2) is 5.75 Å². The fraction of sp³-hybridized carbons (Fsp3) is 0.357. The van der Waals surface area contributed by atoms with Gasteiger partial charge in [0.25, 0.3) is 0 Å². The molecular weight excluding hydrogens is 294 g/mol. The van der Waals surface area contributed by atoms with Crippen molar-refractivity contribution in [3.05, 3.63) is 35.4 Å². The van der Waals surface area contributed by atoms with E-state index in [1.807, 2.05) is 0 Å². The first-order valence-electron chi connectivity index (χ1n) is 6.09. The Bertz CT molecular complexity index is 657. The molecule has 0 aliphatic rings. The predicted octanol–water partition coefficient (Wildman–Crippen LogP) is -0.0350. The van der Waals surface area contributed by atoms with E-state index in [0.29, 0.717) is 11.1 Å². The molecule has 0 aromatic heterocycles. The molecule has 0 bridgehead atoms. The number of hydrogen-bond acceptors (Lipinski definition) is 5. The topological polar surface area (TPSA) is 83.9 Å². The molecule has 1 aromatic rings. The minimum atomic E-state index is -3.75. The summed E-state index contributed by atoms with van der Waals surface area (Å²) in [5, 5.41) is 8.72. The van der Waals surface area contributed by atoms with Crippen LogP contribution in [0.25, 0.3) is 0 Å². The third-order valence-corrected chi connectivity index (χ3v) is 4.39. The van der Waals surface area contributed by atoms with Gasteiger partial charge in [-0.15, -0.1) is 0 Å². The molecule has 0 spiro atoms. The zero-order valence-corrected chi connectivity index (χ0v) is 12.7. The fourth-order valence-corrected chi connectivity index (χ4v) is 2.54. The number of nitrogens with zero attached hydrogens (tertiary/aromatic N) is 1. The van der Waals surface area contributed by atoms with E-state index in [2.05, 4.69) is 16.6 Å². The van der Waals surface area contributed by atoms with Crippen LogP contribution < -0.4 is 0 Å². The first-order valence-corrected chi connectivity index (χ1v) is 7.70. The van der Waals surface area contributed by atoms with Crippen LogP contribution in [0.15, 0.2) is 24.3 Å². The van der Waals surface area contributed by atoms with Crippen LogP contribution in [0.2, 0.25) is 0 Å². The third-order valence-electron chi connectivity index (χ3n) is 2.72. The summed E-state index contributed by atoms with van der Waals surface area (Å²) in [6.45, 7) is -0.194. The Kier molecular flexibility index (Phi) is 6.37. The SMILES string of the molecule is COC(=O)CS(=O)(=O)N(C)Cc1ccccc1C#CCO. The maximum Gasteiger partial charge on any atom is 0.322 e. The first-order chi connectivity index (χ1) is 9.90. The zero-order chi connectivity index (χ0) is 15.9. The first kappa shape index (κ1) is 17.2. The highest BCUT2D eigenvalue weighted by molar-refractivity contribution is 7.89. The normalized spacial score (nSPS) is 10.9. The van der Waals surface area contributed by atoms with Crippen LogP contribution in [0.1, 0.15) is 11.1 Å². The molecule has 114 valence electrons. The van der Waals surface area contributed by atoms with Gasteiger partial charge in [-0.1, -0.05) is 30.0 Å². The van der Waals surface area contributed by atoms with Gasteiger partial charge in [0.1, 0.15) is 6.61 Å². The molecule has 1 aromatic carbocycles. The van der Waals surface area contributed by atoms with Crippen molar-refractivity contribution < 1.29 is 23.1 Å². The molecule has 6 nitrogen and oxygen atoms in total. The number of esters is 1. The monoisotopic (exact) mass is 311 g/mol. The molecule has 0 unspecified atom stereocenters. The van der Waals surface area contributed by atoms with Gasteiger partial charge in [-0.05, 0) is 11.6 Å². The number of rotatable bonds is 5. The summed E-state index contributed by atoms with van der Waals surface area (Å²) in [5.41, 5.74) is 1.32. The molecule has 1 rings (SSSR count). The van der Waals surface area contributed by atoms with Gasteiger partial charge in [-0.25, -0.2) is 12.7 Å². The van der Waals surface area contributed by atoms with E-state index in [0.717, 1.165) is 11.4 Å². The Morgan fingerprint density at radius 1 is 1.38 bits per heavy atom. The largest absolute Gasteiger partial charge is 0.468 e. The lowest BCUT2D eigenvalue weighted by Gasteiger charge is -2.17. The number of aliphatic hydroxyl groups is 1. The van der Waals surface area contributed by atoms with Gasteiger partial charge in [-0.2, -0.15) is 0 Å². The van der Waals surface area contributed by atoms with Gasteiger partial charge in [0.05, 0.1) is 7.11 Å². The van der Waals surface area contributed by atoms with Gasteiger partial charge in [0, 0.05) is 19.2 Å². The summed E-state index contributed by atoms with van der Waals surface area (Å²) in [7, 11) is -1.23. The second kappa shape index (κ2) is 7.78. The van der Waals surface area contributed by atoms with Gasteiger partial charge in [-0.3, -0.25) is 4.79 Å². The van der Waals surface area contributed by atoms with Crippen LogP contribution in [0.5, 0.6) is 0 Å². The molecule has 0 fully saturated rings. The number of carbonyl (C=O) groups excluding carboxylic acids is 1. The second-order valence-corrected chi connectivity index (χ2v) is 6.28. The zero-order valence-electron chi connectivity index (χ0n) is 11.9. The highest BCUT2D eigenvalue weighted by Crippen LogP contribution is 2.12. The van der Waals surface area contributed by atoms with Crippen LogP contribution in [-0.2, 0) is 26.1 Å². The Hall–Kier alpha value is -1.88. The summed E-state index contributed by atoms with van der Waals surface area (Å²) in [5.74, 6) is 3.77. The Labute approximate surface area is 124 Å². The van der Waals surface area contributed by atoms with E-state index in [-0.39, 0.29) is 13.2 Å². The smallest absolute Gasteiger partial charge is 0.322 e. The van der Waals surface area contributed by atoms with E-state index in [1.54, 1.807) is 24.3 Å². The summed E-state index contributed by atoms with van der Waals surface area (Å²) in [6.07, 6.45) is 0. The van der Waals surface area contributed by atoms with Crippen molar-refractivity contribution in [3.63, 3.8) is 0 Å².